The second-order valence-electron chi connectivity index (χ2n) is 3.30. The average Bonchev–Trinajstić information content (AvgIpc) is 2.03. The predicted octanol–water partition coefficient (Wildman–Crippen LogP) is 1.38. The van der Waals surface area contributed by atoms with Crippen molar-refractivity contribution >= 4 is 5.91 Å². The zero-order chi connectivity index (χ0) is 9.14. The molecule has 0 N–H and O–H groups in total. The molecule has 0 spiro atoms. The van der Waals surface area contributed by atoms with Crippen molar-refractivity contribution in [2.45, 2.75) is 45.9 Å². The van der Waals surface area contributed by atoms with E-state index in [1.807, 2.05) is 11.8 Å². The highest BCUT2D eigenvalue weighted by Gasteiger charge is 2.28. The van der Waals surface area contributed by atoms with Crippen molar-refractivity contribution in [2.24, 2.45) is 0 Å². The lowest BCUT2D eigenvalue weighted by atomic mass is 10.1. The van der Waals surface area contributed by atoms with E-state index in [9.17, 15) is 4.79 Å². The van der Waals surface area contributed by atoms with Crippen molar-refractivity contribution in [3.05, 3.63) is 0 Å². The molecule has 3 heteroatoms. The van der Waals surface area contributed by atoms with E-state index in [2.05, 4.69) is 6.92 Å². The first-order chi connectivity index (χ1) is 5.66. The van der Waals surface area contributed by atoms with Gasteiger partial charge in [-0.15, -0.1) is 0 Å². The van der Waals surface area contributed by atoms with E-state index in [1.165, 1.54) is 0 Å². The van der Waals surface area contributed by atoms with E-state index >= 15 is 0 Å². The van der Waals surface area contributed by atoms with Crippen molar-refractivity contribution in [1.29, 1.82) is 0 Å². The van der Waals surface area contributed by atoms with Gasteiger partial charge < -0.3 is 9.64 Å². The van der Waals surface area contributed by atoms with E-state index in [4.69, 9.17) is 4.74 Å². The van der Waals surface area contributed by atoms with Crippen molar-refractivity contribution in [2.75, 3.05) is 6.61 Å². The number of rotatable bonds is 1. The van der Waals surface area contributed by atoms with Gasteiger partial charge in [0.15, 0.2) is 0 Å². The molecular formula is C9H17NO2. The smallest absolute Gasteiger partial charge is 0.221 e. The second kappa shape index (κ2) is 3.90. The molecule has 0 aromatic carbocycles. The van der Waals surface area contributed by atoms with Crippen LogP contribution >= 0.6 is 0 Å². The number of carbonyl (C=O) groups is 1. The summed E-state index contributed by atoms with van der Waals surface area (Å²) in [5.74, 6) is 0.119. The fourth-order valence-corrected chi connectivity index (χ4v) is 1.71. The van der Waals surface area contributed by atoms with Crippen LogP contribution in [0.3, 0.4) is 0 Å². The van der Waals surface area contributed by atoms with Gasteiger partial charge in [-0.25, -0.2) is 0 Å². The SMILES string of the molecule is CCC1OCCC(C)N1C(C)=O. The molecule has 0 saturated carbocycles. The molecule has 0 aromatic rings. The first-order valence-electron chi connectivity index (χ1n) is 4.57. The molecule has 1 amide bonds. The summed E-state index contributed by atoms with van der Waals surface area (Å²) >= 11 is 0. The van der Waals surface area contributed by atoms with Gasteiger partial charge in [0.25, 0.3) is 0 Å². The lowest BCUT2D eigenvalue weighted by molar-refractivity contribution is -0.160. The lowest BCUT2D eigenvalue weighted by Crippen LogP contribution is -2.50. The quantitative estimate of drug-likeness (QED) is 0.596. The first kappa shape index (κ1) is 9.52. The van der Waals surface area contributed by atoms with E-state index in [0.29, 0.717) is 6.04 Å². The van der Waals surface area contributed by atoms with Gasteiger partial charge in [-0.2, -0.15) is 0 Å². The van der Waals surface area contributed by atoms with Gasteiger partial charge in [-0.1, -0.05) is 6.92 Å². The van der Waals surface area contributed by atoms with Crippen LogP contribution in [0.15, 0.2) is 0 Å². The summed E-state index contributed by atoms with van der Waals surface area (Å²) in [6.07, 6.45) is 1.84. The Labute approximate surface area is 73.7 Å². The zero-order valence-electron chi connectivity index (χ0n) is 8.04. The highest BCUT2D eigenvalue weighted by molar-refractivity contribution is 5.73. The van der Waals surface area contributed by atoms with E-state index in [-0.39, 0.29) is 12.1 Å². The molecule has 1 aliphatic rings. The Balaban J connectivity index is 2.66. The fourth-order valence-electron chi connectivity index (χ4n) is 1.71. The van der Waals surface area contributed by atoms with Crippen LogP contribution in [0.4, 0.5) is 0 Å². The third-order valence-electron chi connectivity index (χ3n) is 2.34. The second-order valence-corrected chi connectivity index (χ2v) is 3.30. The normalized spacial score (nSPS) is 30.4. The maximum absolute atomic E-state index is 11.2. The largest absolute Gasteiger partial charge is 0.358 e. The van der Waals surface area contributed by atoms with Crippen molar-refractivity contribution < 1.29 is 9.53 Å². The van der Waals surface area contributed by atoms with E-state index in [1.54, 1.807) is 6.92 Å². The highest BCUT2D eigenvalue weighted by atomic mass is 16.5. The summed E-state index contributed by atoms with van der Waals surface area (Å²) in [5, 5.41) is 0. The third kappa shape index (κ3) is 1.78. The van der Waals surface area contributed by atoms with Gasteiger partial charge in [-0.3, -0.25) is 4.79 Å². The van der Waals surface area contributed by atoms with Crippen molar-refractivity contribution in [3.8, 4) is 0 Å². The van der Waals surface area contributed by atoms with Gasteiger partial charge in [-0.05, 0) is 19.8 Å². The van der Waals surface area contributed by atoms with Crippen LogP contribution in [0, 0.1) is 0 Å². The van der Waals surface area contributed by atoms with Crippen LogP contribution in [0.5, 0.6) is 0 Å². The summed E-state index contributed by atoms with van der Waals surface area (Å²) in [5.41, 5.74) is 0. The summed E-state index contributed by atoms with van der Waals surface area (Å²) in [7, 11) is 0. The average molecular weight is 171 g/mol. The minimum Gasteiger partial charge on any atom is -0.358 e. The minimum atomic E-state index is 0.00579. The summed E-state index contributed by atoms with van der Waals surface area (Å²) in [6, 6.07) is 0.334. The van der Waals surface area contributed by atoms with Crippen LogP contribution in [0.2, 0.25) is 0 Å². The Morgan fingerprint density at radius 3 is 2.75 bits per heavy atom. The van der Waals surface area contributed by atoms with Gasteiger partial charge in [0.2, 0.25) is 5.91 Å². The molecule has 1 saturated heterocycles. The van der Waals surface area contributed by atoms with E-state index in [0.717, 1.165) is 19.4 Å². The Kier molecular flexibility index (Phi) is 3.09. The monoisotopic (exact) mass is 171 g/mol. The molecule has 0 aliphatic carbocycles. The minimum absolute atomic E-state index is 0.00579. The Morgan fingerprint density at radius 1 is 1.67 bits per heavy atom. The lowest BCUT2D eigenvalue weighted by Gasteiger charge is -2.39. The molecule has 1 aliphatic heterocycles. The van der Waals surface area contributed by atoms with Gasteiger partial charge in [0, 0.05) is 13.0 Å². The first-order valence-corrected chi connectivity index (χ1v) is 4.57. The number of hydrogen-bond donors (Lipinski definition) is 0. The maximum Gasteiger partial charge on any atom is 0.221 e. The maximum atomic E-state index is 11.2. The zero-order valence-corrected chi connectivity index (χ0v) is 8.04. The molecule has 2 unspecified atom stereocenters. The molecule has 3 nitrogen and oxygen atoms in total. The number of ether oxygens (including phenoxy) is 1. The van der Waals surface area contributed by atoms with Crippen LogP contribution in [0.1, 0.15) is 33.6 Å². The molecule has 0 aromatic heterocycles. The Morgan fingerprint density at radius 2 is 2.33 bits per heavy atom. The third-order valence-corrected chi connectivity index (χ3v) is 2.34. The molecule has 70 valence electrons. The summed E-state index contributed by atoms with van der Waals surface area (Å²) in [6.45, 7) is 6.50. The number of carbonyl (C=O) groups excluding carboxylic acids is 1. The Hall–Kier alpha value is -0.570. The summed E-state index contributed by atoms with van der Waals surface area (Å²) in [4.78, 5) is 13.1. The van der Waals surface area contributed by atoms with Crippen molar-refractivity contribution in [1.82, 2.24) is 4.90 Å². The van der Waals surface area contributed by atoms with Crippen molar-refractivity contribution in [3.63, 3.8) is 0 Å². The fraction of sp³-hybridized carbons (Fsp3) is 0.889. The number of amides is 1. The molecule has 0 radical (unpaired) electrons. The van der Waals surface area contributed by atoms with Gasteiger partial charge in [0.1, 0.15) is 6.23 Å². The van der Waals surface area contributed by atoms with Crippen LogP contribution < -0.4 is 0 Å². The molecule has 2 atom stereocenters. The number of nitrogens with zero attached hydrogens (tertiary/aromatic N) is 1. The van der Waals surface area contributed by atoms with Crippen LogP contribution in [0.25, 0.3) is 0 Å². The van der Waals surface area contributed by atoms with E-state index < -0.39 is 0 Å². The summed E-state index contributed by atoms with van der Waals surface area (Å²) < 4.78 is 5.48. The van der Waals surface area contributed by atoms with Gasteiger partial charge >= 0.3 is 0 Å². The predicted molar refractivity (Wildman–Crippen MR) is 46.6 cm³/mol. The topological polar surface area (TPSA) is 29.5 Å². The molecule has 1 heterocycles. The molecule has 1 fully saturated rings. The Bertz CT molecular complexity index is 170. The molecular weight excluding hydrogens is 154 g/mol. The standard InChI is InChI=1S/C9H17NO2/c1-4-9-10(8(3)11)7(2)5-6-12-9/h7,9H,4-6H2,1-3H3. The molecule has 1 rings (SSSR count). The highest BCUT2D eigenvalue weighted by Crippen LogP contribution is 2.18. The molecule has 0 bridgehead atoms. The van der Waals surface area contributed by atoms with Gasteiger partial charge in [0.05, 0.1) is 6.61 Å². The van der Waals surface area contributed by atoms with Crippen LogP contribution in [-0.4, -0.2) is 29.7 Å². The van der Waals surface area contributed by atoms with Crippen LogP contribution in [-0.2, 0) is 9.53 Å². The number of hydrogen-bond acceptors (Lipinski definition) is 2. The molecule has 12 heavy (non-hydrogen) atoms.